The van der Waals surface area contributed by atoms with E-state index in [4.69, 9.17) is 10.2 Å². The van der Waals surface area contributed by atoms with E-state index in [1.807, 2.05) is 13.0 Å². The van der Waals surface area contributed by atoms with Crippen molar-refractivity contribution in [1.29, 1.82) is 0 Å². The molecule has 1 aromatic heterocycles. The zero-order valence-electron chi connectivity index (χ0n) is 9.56. The SMILES string of the molecule is COC(=O)c1coc(-c2ccc(N)c(C)c2)n1. The normalized spacial score (nSPS) is 10.2. The molecule has 1 aromatic carbocycles. The third-order valence-corrected chi connectivity index (χ3v) is 2.42. The number of aromatic nitrogens is 1. The van der Waals surface area contributed by atoms with Crippen molar-refractivity contribution in [1.82, 2.24) is 4.98 Å². The van der Waals surface area contributed by atoms with Gasteiger partial charge in [-0.1, -0.05) is 0 Å². The van der Waals surface area contributed by atoms with Gasteiger partial charge in [0.05, 0.1) is 7.11 Å². The Kier molecular flexibility index (Phi) is 2.82. The highest BCUT2D eigenvalue weighted by Crippen LogP contribution is 2.22. The molecule has 0 aliphatic heterocycles. The number of anilines is 1. The molecule has 2 N–H and O–H groups in total. The lowest BCUT2D eigenvalue weighted by molar-refractivity contribution is 0.0594. The summed E-state index contributed by atoms with van der Waals surface area (Å²) in [4.78, 5) is 15.3. The second-order valence-corrected chi connectivity index (χ2v) is 3.60. The molecule has 5 nitrogen and oxygen atoms in total. The molecule has 0 saturated heterocycles. The molecule has 17 heavy (non-hydrogen) atoms. The number of nitrogen functional groups attached to an aromatic ring is 1. The fourth-order valence-corrected chi connectivity index (χ4v) is 1.41. The molecule has 0 radical (unpaired) electrons. The topological polar surface area (TPSA) is 78.3 Å². The first-order chi connectivity index (χ1) is 8.11. The summed E-state index contributed by atoms with van der Waals surface area (Å²) in [6, 6.07) is 5.41. The van der Waals surface area contributed by atoms with Gasteiger partial charge in [0.15, 0.2) is 5.69 Å². The number of nitrogens with zero attached hydrogens (tertiary/aromatic N) is 1. The minimum Gasteiger partial charge on any atom is -0.464 e. The molecular formula is C12H12N2O3. The highest BCUT2D eigenvalue weighted by atomic mass is 16.5. The van der Waals surface area contributed by atoms with Crippen molar-refractivity contribution in [3.8, 4) is 11.5 Å². The van der Waals surface area contributed by atoms with Gasteiger partial charge < -0.3 is 14.9 Å². The highest BCUT2D eigenvalue weighted by Gasteiger charge is 2.13. The Bertz CT molecular complexity index is 561. The number of ether oxygens (including phenoxy) is 1. The first kappa shape index (κ1) is 11.2. The molecule has 0 aliphatic rings. The first-order valence-corrected chi connectivity index (χ1v) is 5.02. The van der Waals surface area contributed by atoms with Crippen molar-refractivity contribution in [2.75, 3.05) is 12.8 Å². The Balaban J connectivity index is 2.37. The molecule has 0 atom stereocenters. The van der Waals surface area contributed by atoms with Gasteiger partial charge in [0.2, 0.25) is 5.89 Å². The molecule has 0 amide bonds. The van der Waals surface area contributed by atoms with Crippen LogP contribution in [-0.2, 0) is 4.74 Å². The van der Waals surface area contributed by atoms with Crippen LogP contribution < -0.4 is 5.73 Å². The van der Waals surface area contributed by atoms with Gasteiger partial charge in [-0.05, 0) is 30.7 Å². The van der Waals surface area contributed by atoms with Crippen LogP contribution in [0.15, 0.2) is 28.9 Å². The van der Waals surface area contributed by atoms with Crippen LogP contribution >= 0.6 is 0 Å². The predicted octanol–water partition coefficient (Wildman–Crippen LogP) is 2.02. The Morgan fingerprint density at radius 3 is 2.88 bits per heavy atom. The second kappa shape index (κ2) is 4.29. The smallest absolute Gasteiger partial charge is 0.360 e. The average molecular weight is 232 g/mol. The number of hydrogen-bond donors (Lipinski definition) is 1. The number of benzene rings is 1. The van der Waals surface area contributed by atoms with Gasteiger partial charge in [-0.2, -0.15) is 0 Å². The highest BCUT2D eigenvalue weighted by molar-refractivity contribution is 5.87. The zero-order valence-corrected chi connectivity index (χ0v) is 9.56. The van der Waals surface area contributed by atoms with Crippen LogP contribution in [0, 0.1) is 6.92 Å². The van der Waals surface area contributed by atoms with Crippen LogP contribution in [0.1, 0.15) is 16.1 Å². The minimum atomic E-state index is -0.521. The van der Waals surface area contributed by atoms with E-state index in [1.54, 1.807) is 12.1 Å². The van der Waals surface area contributed by atoms with Gasteiger partial charge in [-0.15, -0.1) is 0 Å². The summed E-state index contributed by atoms with van der Waals surface area (Å²) in [6.45, 7) is 1.89. The number of aryl methyl sites for hydroxylation is 1. The molecule has 0 saturated carbocycles. The average Bonchev–Trinajstić information content (AvgIpc) is 2.81. The van der Waals surface area contributed by atoms with Gasteiger partial charge in [-0.25, -0.2) is 9.78 Å². The van der Waals surface area contributed by atoms with Crippen molar-refractivity contribution in [3.05, 3.63) is 35.7 Å². The van der Waals surface area contributed by atoms with E-state index in [0.717, 1.165) is 11.1 Å². The Hall–Kier alpha value is -2.30. The molecule has 0 fully saturated rings. The van der Waals surface area contributed by atoms with Gasteiger partial charge in [0, 0.05) is 11.3 Å². The molecule has 88 valence electrons. The number of hydrogen-bond acceptors (Lipinski definition) is 5. The summed E-state index contributed by atoms with van der Waals surface area (Å²) in [5.74, 6) is -0.152. The number of oxazole rings is 1. The predicted molar refractivity (Wildman–Crippen MR) is 62.4 cm³/mol. The van der Waals surface area contributed by atoms with Crippen LogP contribution in [0.25, 0.3) is 11.5 Å². The van der Waals surface area contributed by atoms with Crippen molar-refractivity contribution in [2.45, 2.75) is 6.92 Å². The molecule has 2 rings (SSSR count). The molecule has 0 bridgehead atoms. The van der Waals surface area contributed by atoms with E-state index >= 15 is 0 Å². The summed E-state index contributed by atoms with van der Waals surface area (Å²) in [5.41, 5.74) is 8.27. The number of carbonyl (C=O) groups excluding carboxylic acids is 1. The van der Waals surface area contributed by atoms with E-state index in [1.165, 1.54) is 13.4 Å². The lowest BCUT2D eigenvalue weighted by Crippen LogP contribution is -2.01. The quantitative estimate of drug-likeness (QED) is 0.633. The lowest BCUT2D eigenvalue weighted by Gasteiger charge is -2.01. The van der Waals surface area contributed by atoms with Crippen LogP contribution in [0.4, 0.5) is 5.69 Å². The molecule has 0 unspecified atom stereocenters. The Morgan fingerprint density at radius 2 is 2.24 bits per heavy atom. The summed E-state index contributed by atoms with van der Waals surface area (Å²) in [6.07, 6.45) is 1.27. The van der Waals surface area contributed by atoms with Crippen molar-refractivity contribution in [3.63, 3.8) is 0 Å². The monoisotopic (exact) mass is 232 g/mol. The molecule has 0 aliphatic carbocycles. The van der Waals surface area contributed by atoms with Crippen molar-refractivity contribution >= 4 is 11.7 Å². The fraction of sp³-hybridized carbons (Fsp3) is 0.167. The van der Waals surface area contributed by atoms with Gasteiger partial charge in [-0.3, -0.25) is 0 Å². The van der Waals surface area contributed by atoms with Gasteiger partial charge in [0.1, 0.15) is 6.26 Å². The molecule has 5 heteroatoms. The third kappa shape index (κ3) is 2.13. The minimum absolute atomic E-state index is 0.150. The maximum Gasteiger partial charge on any atom is 0.360 e. The van der Waals surface area contributed by atoms with E-state index in [9.17, 15) is 4.79 Å². The Morgan fingerprint density at radius 1 is 1.47 bits per heavy atom. The van der Waals surface area contributed by atoms with Crippen LogP contribution in [-0.4, -0.2) is 18.1 Å². The standard InChI is InChI=1S/C12H12N2O3/c1-7-5-8(3-4-9(7)13)11-14-10(6-17-11)12(15)16-2/h3-6H,13H2,1-2H3. The van der Waals surface area contributed by atoms with E-state index in [2.05, 4.69) is 9.72 Å². The van der Waals surface area contributed by atoms with Crippen LogP contribution in [0.2, 0.25) is 0 Å². The number of nitrogens with two attached hydrogens (primary N) is 1. The lowest BCUT2D eigenvalue weighted by atomic mass is 10.1. The summed E-state index contributed by atoms with van der Waals surface area (Å²) < 4.78 is 9.76. The maximum atomic E-state index is 11.2. The third-order valence-electron chi connectivity index (χ3n) is 2.42. The van der Waals surface area contributed by atoms with Crippen LogP contribution in [0.3, 0.4) is 0 Å². The number of carbonyl (C=O) groups is 1. The number of rotatable bonds is 2. The molecule has 1 heterocycles. The maximum absolute atomic E-state index is 11.2. The largest absolute Gasteiger partial charge is 0.464 e. The summed E-state index contributed by atoms with van der Waals surface area (Å²) in [7, 11) is 1.30. The summed E-state index contributed by atoms with van der Waals surface area (Å²) in [5, 5.41) is 0. The van der Waals surface area contributed by atoms with E-state index in [0.29, 0.717) is 11.6 Å². The van der Waals surface area contributed by atoms with Gasteiger partial charge in [0.25, 0.3) is 0 Å². The number of esters is 1. The van der Waals surface area contributed by atoms with Crippen molar-refractivity contribution in [2.24, 2.45) is 0 Å². The Labute approximate surface area is 98.2 Å². The number of methoxy groups -OCH3 is 1. The molecule has 2 aromatic rings. The van der Waals surface area contributed by atoms with Crippen molar-refractivity contribution < 1.29 is 13.9 Å². The zero-order chi connectivity index (χ0) is 12.4. The molecule has 0 spiro atoms. The van der Waals surface area contributed by atoms with Gasteiger partial charge >= 0.3 is 5.97 Å². The van der Waals surface area contributed by atoms with E-state index < -0.39 is 5.97 Å². The fourth-order valence-electron chi connectivity index (χ4n) is 1.41. The second-order valence-electron chi connectivity index (χ2n) is 3.60. The first-order valence-electron chi connectivity index (χ1n) is 5.02. The summed E-state index contributed by atoms with van der Waals surface area (Å²) >= 11 is 0. The van der Waals surface area contributed by atoms with E-state index in [-0.39, 0.29) is 5.69 Å². The molecular weight excluding hydrogens is 220 g/mol. The van der Waals surface area contributed by atoms with Crippen LogP contribution in [0.5, 0.6) is 0 Å².